The lowest BCUT2D eigenvalue weighted by molar-refractivity contribution is 0.102. The van der Waals surface area contributed by atoms with Gasteiger partial charge in [-0.25, -0.2) is 0 Å². The van der Waals surface area contributed by atoms with Crippen molar-refractivity contribution in [3.8, 4) is 0 Å². The Morgan fingerprint density at radius 1 is 1.12 bits per heavy atom. The van der Waals surface area contributed by atoms with Crippen molar-refractivity contribution in [2.75, 3.05) is 5.32 Å². The summed E-state index contributed by atoms with van der Waals surface area (Å²) >= 11 is 0. The number of hydrogen-bond donors (Lipinski definition) is 1. The Morgan fingerprint density at radius 2 is 1.88 bits per heavy atom. The molecule has 0 aliphatic carbocycles. The molecule has 2 aromatic rings. The fourth-order valence-corrected chi connectivity index (χ4v) is 1.61. The zero-order valence-electron chi connectivity index (χ0n) is 9.90. The van der Waals surface area contributed by atoms with Gasteiger partial charge in [-0.1, -0.05) is 18.2 Å². The summed E-state index contributed by atoms with van der Waals surface area (Å²) in [6, 6.07) is 9.38. The number of aromatic nitrogens is 1. The van der Waals surface area contributed by atoms with Crippen LogP contribution in [0.1, 0.15) is 21.5 Å². The summed E-state index contributed by atoms with van der Waals surface area (Å²) in [6.07, 6.45) is 3.37. The minimum atomic E-state index is -0.0980. The number of nitrogens with zero attached hydrogens (tertiary/aromatic N) is 1. The van der Waals surface area contributed by atoms with E-state index in [1.807, 2.05) is 44.2 Å². The predicted molar refractivity (Wildman–Crippen MR) is 68.1 cm³/mol. The minimum absolute atomic E-state index is 0.0980. The molecule has 0 saturated heterocycles. The molecule has 0 spiro atoms. The number of rotatable bonds is 2. The van der Waals surface area contributed by atoms with E-state index < -0.39 is 0 Å². The molecule has 17 heavy (non-hydrogen) atoms. The summed E-state index contributed by atoms with van der Waals surface area (Å²) in [7, 11) is 0. The SMILES string of the molecule is Cc1ccncc1NC(=O)c1ccccc1C. The second-order valence-electron chi connectivity index (χ2n) is 3.96. The van der Waals surface area contributed by atoms with Crippen LogP contribution in [-0.4, -0.2) is 10.9 Å². The number of hydrogen-bond acceptors (Lipinski definition) is 2. The molecule has 3 heteroatoms. The lowest BCUT2D eigenvalue weighted by Crippen LogP contribution is -2.14. The van der Waals surface area contributed by atoms with Crippen LogP contribution in [0.3, 0.4) is 0 Å². The quantitative estimate of drug-likeness (QED) is 0.855. The molecule has 86 valence electrons. The molecule has 1 heterocycles. The van der Waals surface area contributed by atoms with Gasteiger partial charge in [-0.3, -0.25) is 9.78 Å². The lowest BCUT2D eigenvalue weighted by atomic mass is 10.1. The first-order valence-corrected chi connectivity index (χ1v) is 5.46. The van der Waals surface area contributed by atoms with Gasteiger partial charge < -0.3 is 5.32 Å². The van der Waals surface area contributed by atoms with Crippen molar-refractivity contribution < 1.29 is 4.79 Å². The normalized spacial score (nSPS) is 10.0. The van der Waals surface area contributed by atoms with E-state index in [4.69, 9.17) is 0 Å². The molecule has 0 fully saturated rings. The molecule has 1 aromatic carbocycles. The van der Waals surface area contributed by atoms with Crippen molar-refractivity contribution in [2.24, 2.45) is 0 Å². The van der Waals surface area contributed by atoms with Gasteiger partial charge in [-0.2, -0.15) is 0 Å². The van der Waals surface area contributed by atoms with E-state index in [0.717, 1.165) is 16.8 Å². The zero-order valence-corrected chi connectivity index (χ0v) is 9.90. The van der Waals surface area contributed by atoms with Gasteiger partial charge in [0.25, 0.3) is 5.91 Å². The molecule has 0 unspecified atom stereocenters. The van der Waals surface area contributed by atoms with Gasteiger partial charge >= 0.3 is 0 Å². The molecule has 0 saturated carbocycles. The average molecular weight is 226 g/mol. The highest BCUT2D eigenvalue weighted by molar-refractivity contribution is 6.05. The molecule has 1 N–H and O–H groups in total. The molecule has 0 aliphatic heterocycles. The van der Waals surface area contributed by atoms with Gasteiger partial charge in [-0.05, 0) is 37.1 Å². The van der Waals surface area contributed by atoms with Crippen LogP contribution in [0.2, 0.25) is 0 Å². The van der Waals surface area contributed by atoms with E-state index in [2.05, 4.69) is 10.3 Å². The molecule has 1 amide bonds. The Bertz CT molecular complexity index is 549. The van der Waals surface area contributed by atoms with E-state index in [-0.39, 0.29) is 5.91 Å². The minimum Gasteiger partial charge on any atom is -0.320 e. The molecular formula is C14H14N2O. The third kappa shape index (κ3) is 2.50. The maximum absolute atomic E-state index is 12.0. The number of amides is 1. The topological polar surface area (TPSA) is 42.0 Å². The molecule has 3 nitrogen and oxygen atoms in total. The predicted octanol–water partition coefficient (Wildman–Crippen LogP) is 2.95. The summed E-state index contributed by atoms with van der Waals surface area (Å²) in [5.74, 6) is -0.0980. The van der Waals surface area contributed by atoms with Crippen molar-refractivity contribution in [1.29, 1.82) is 0 Å². The first-order valence-electron chi connectivity index (χ1n) is 5.46. The van der Waals surface area contributed by atoms with Crippen LogP contribution in [0.15, 0.2) is 42.7 Å². The molecular weight excluding hydrogens is 212 g/mol. The van der Waals surface area contributed by atoms with Crippen molar-refractivity contribution in [2.45, 2.75) is 13.8 Å². The van der Waals surface area contributed by atoms with E-state index in [9.17, 15) is 4.79 Å². The van der Waals surface area contributed by atoms with E-state index in [0.29, 0.717) is 5.56 Å². The van der Waals surface area contributed by atoms with Gasteiger partial charge in [-0.15, -0.1) is 0 Å². The van der Waals surface area contributed by atoms with E-state index >= 15 is 0 Å². The molecule has 0 radical (unpaired) electrons. The van der Waals surface area contributed by atoms with Crippen molar-refractivity contribution >= 4 is 11.6 Å². The largest absolute Gasteiger partial charge is 0.320 e. The highest BCUT2D eigenvalue weighted by atomic mass is 16.1. The standard InChI is InChI=1S/C14H14N2O/c1-10-5-3-4-6-12(10)14(17)16-13-9-15-8-7-11(13)2/h3-9H,1-2H3,(H,16,17). The molecule has 0 atom stereocenters. The maximum Gasteiger partial charge on any atom is 0.255 e. The Balaban J connectivity index is 2.24. The summed E-state index contributed by atoms with van der Waals surface area (Å²) in [4.78, 5) is 16.0. The highest BCUT2D eigenvalue weighted by Crippen LogP contribution is 2.14. The molecule has 2 rings (SSSR count). The van der Waals surface area contributed by atoms with Crippen molar-refractivity contribution in [3.63, 3.8) is 0 Å². The van der Waals surface area contributed by atoms with Gasteiger partial charge in [0.2, 0.25) is 0 Å². The van der Waals surface area contributed by atoms with Gasteiger partial charge in [0.15, 0.2) is 0 Å². The monoisotopic (exact) mass is 226 g/mol. The van der Waals surface area contributed by atoms with Crippen LogP contribution in [-0.2, 0) is 0 Å². The number of pyridine rings is 1. The first kappa shape index (κ1) is 11.3. The Labute approximate surface area is 101 Å². The second kappa shape index (κ2) is 4.78. The second-order valence-corrected chi connectivity index (χ2v) is 3.96. The first-order chi connectivity index (χ1) is 8.18. The molecule has 1 aromatic heterocycles. The summed E-state index contributed by atoms with van der Waals surface area (Å²) in [5.41, 5.74) is 3.41. The lowest BCUT2D eigenvalue weighted by Gasteiger charge is -2.09. The number of benzene rings is 1. The summed E-state index contributed by atoms with van der Waals surface area (Å²) < 4.78 is 0. The van der Waals surface area contributed by atoms with Gasteiger partial charge in [0.05, 0.1) is 11.9 Å². The number of aryl methyl sites for hydroxylation is 2. The number of nitrogens with one attached hydrogen (secondary N) is 1. The number of anilines is 1. The maximum atomic E-state index is 12.0. The number of carbonyl (C=O) groups excluding carboxylic acids is 1. The van der Waals surface area contributed by atoms with Crippen LogP contribution in [0.5, 0.6) is 0 Å². The zero-order chi connectivity index (χ0) is 12.3. The smallest absolute Gasteiger partial charge is 0.255 e. The van der Waals surface area contributed by atoms with Crippen LogP contribution in [0.25, 0.3) is 0 Å². The van der Waals surface area contributed by atoms with Crippen LogP contribution in [0.4, 0.5) is 5.69 Å². The van der Waals surface area contributed by atoms with Crippen LogP contribution in [0, 0.1) is 13.8 Å². The van der Waals surface area contributed by atoms with Crippen molar-refractivity contribution in [1.82, 2.24) is 4.98 Å². The summed E-state index contributed by atoms with van der Waals surface area (Å²) in [6.45, 7) is 3.86. The third-order valence-corrected chi connectivity index (χ3v) is 2.68. The van der Waals surface area contributed by atoms with E-state index in [1.54, 1.807) is 12.4 Å². The molecule has 0 bridgehead atoms. The van der Waals surface area contributed by atoms with Gasteiger partial charge in [0.1, 0.15) is 0 Å². The number of carbonyl (C=O) groups is 1. The third-order valence-electron chi connectivity index (χ3n) is 2.68. The average Bonchev–Trinajstić information content (AvgIpc) is 2.32. The highest BCUT2D eigenvalue weighted by Gasteiger charge is 2.09. The Kier molecular flexibility index (Phi) is 3.19. The molecule has 0 aliphatic rings. The Morgan fingerprint density at radius 3 is 2.59 bits per heavy atom. The van der Waals surface area contributed by atoms with Gasteiger partial charge in [0, 0.05) is 11.8 Å². The fraction of sp³-hybridized carbons (Fsp3) is 0.143. The summed E-state index contributed by atoms with van der Waals surface area (Å²) in [5, 5.41) is 2.87. The fourth-order valence-electron chi connectivity index (χ4n) is 1.61. The van der Waals surface area contributed by atoms with Crippen LogP contribution >= 0.6 is 0 Å². The Hall–Kier alpha value is -2.16. The van der Waals surface area contributed by atoms with Crippen LogP contribution < -0.4 is 5.32 Å². The van der Waals surface area contributed by atoms with Crippen molar-refractivity contribution in [3.05, 3.63) is 59.4 Å². The van der Waals surface area contributed by atoms with E-state index in [1.165, 1.54) is 0 Å².